The molecule has 0 saturated heterocycles. The first-order valence-electron chi connectivity index (χ1n) is 5.61. The molecule has 13 heavy (non-hydrogen) atoms. The fraction of sp³-hybridized carbons (Fsp3) is 1.00. The third-order valence-electron chi connectivity index (χ3n) is 2.61. The van der Waals surface area contributed by atoms with Gasteiger partial charge < -0.3 is 10.6 Å². The zero-order valence-electron chi connectivity index (χ0n) is 9.43. The third-order valence-corrected chi connectivity index (χ3v) is 2.61. The predicted octanol–water partition coefficient (Wildman–Crippen LogP) is 1.90. The van der Waals surface area contributed by atoms with Gasteiger partial charge in [-0.25, -0.2) is 0 Å². The van der Waals surface area contributed by atoms with Gasteiger partial charge in [-0.15, -0.1) is 0 Å². The van der Waals surface area contributed by atoms with Crippen molar-refractivity contribution in [2.45, 2.75) is 71.1 Å². The van der Waals surface area contributed by atoms with E-state index in [1.165, 1.54) is 19.3 Å². The first-order chi connectivity index (χ1) is 6.09. The fourth-order valence-corrected chi connectivity index (χ4v) is 2.22. The lowest BCUT2D eigenvalue weighted by molar-refractivity contribution is 0.365. The van der Waals surface area contributed by atoms with Gasteiger partial charge in [-0.1, -0.05) is 34.1 Å². The minimum absolute atomic E-state index is 0.611. The lowest BCUT2D eigenvalue weighted by Gasteiger charge is -2.26. The normalized spacial score (nSPS) is 29.1. The predicted molar refractivity (Wildman–Crippen MR) is 58.0 cm³/mol. The molecule has 2 atom stereocenters. The van der Waals surface area contributed by atoms with E-state index in [1.807, 2.05) is 0 Å². The number of nitrogens with one attached hydrogen (secondary N) is 2. The molecular formula is C11H24N2. The van der Waals surface area contributed by atoms with Crippen molar-refractivity contribution in [2.75, 3.05) is 0 Å². The van der Waals surface area contributed by atoms with Crippen LogP contribution < -0.4 is 10.6 Å². The van der Waals surface area contributed by atoms with Crippen molar-refractivity contribution in [3.05, 3.63) is 0 Å². The van der Waals surface area contributed by atoms with Crippen LogP contribution in [0.5, 0.6) is 0 Å². The minimum atomic E-state index is 0.611. The summed E-state index contributed by atoms with van der Waals surface area (Å²) in [5, 5.41) is 7.27. The van der Waals surface area contributed by atoms with E-state index in [0.29, 0.717) is 24.2 Å². The highest BCUT2D eigenvalue weighted by Crippen LogP contribution is 2.19. The second kappa shape index (κ2) is 4.97. The van der Waals surface area contributed by atoms with E-state index in [0.717, 1.165) is 0 Å². The highest BCUT2D eigenvalue weighted by molar-refractivity contribution is 4.89. The Bertz CT molecular complexity index is 127. The van der Waals surface area contributed by atoms with Crippen molar-refractivity contribution < 1.29 is 0 Å². The van der Waals surface area contributed by atoms with Crippen LogP contribution in [0.4, 0.5) is 0 Å². The smallest absolute Gasteiger partial charge is 0.0223 e. The standard InChI is InChI=1S/C11H24N2/c1-8(2)12-10-6-5-7-11(10)13-9(3)4/h8-13H,5-7H2,1-4H3/t10-,11-/m1/s1. The van der Waals surface area contributed by atoms with Crippen LogP contribution in [0, 0.1) is 0 Å². The second-order valence-electron chi connectivity index (χ2n) is 4.79. The van der Waals surface area contributed by atoms with Crippen LogP contribution in [0.15, 0.2) is 0 Å². The van der Waals surface area contributed by atoms with Gasteiger partial charge in [-0.05, 0) is 12.8 Å². The SMILES string of the molecule is CC(C)N[C@@H]1CCC[C@H]1NC(C)C. The molecule has 0 unspecified atom stereocenters. The van der Waals surface area contributed by atoms with E-state index in [9.17, 15) is 0 Å². The summed E-state index contributed by atoms with van der Waals surface area (Å²) in [6.07, 6.45) is 4.04. The molecule has 1 fully saturated rings. The molecule has 0 radical (unpaired) electrons. The Kier molecular flexibility index (Phi) is 4.20. The van der Waals surface area contributed by atoms with Gasteiger partial charge in [0.2, 0.25) is 0 Å². The molecule has 2 heteroatoms. The number of hydrogen-bond donors (Lipinski definition) is 2. The van der Waals surface area contributed by atoms with Crippen LogP contribution in [0.3, 0.4) is 0 Å². The molecule has 0 aliphatic heterocycles. The molecule has 2 N–H and O–H groups in total. The van der Waals surface area contributed by atoms with Crippen molar-refractivity contribution in [3.63, 3.8) is 0 Å². The molecule has 0 aromatic heterocycles. The summed E-state index contributed by atoms with van der Waals surface area (Å²) in [5.74, 6) is 0. The Balaban J connectivity index is 2.35. The highest BCUT2D eigenvalue weighted by atomic mass is 15.1. The van der Waals surface area contributed by atoms with Gasteiger partial charge in [0.15, 0.2) is 0 Å². The van der Waals surface area contributed by atoms with Crippen LogP contribution in [0.25, 0.3) is 0 Å². The zero-order chi connectivity index (χ0) is 9.84. The van der Waals surface area contributed by atoms with Crippen molar-refractivity contribution in [2.24, 2.45) is 0 Å². The quantitative estimate of drug-likeness (QED) is 0.697. The molecule has 0 aromatic rings. The summed E-state index contributed by atoms with van der Waals surface area (Å²) >= 11 is 0. The van der Waals surface area contributed by atoms with Crippen molar-refractivity contribution >= 4 is 0 Å². The first kappa shape index (κ1) is 11.0. The average molecular weight is 184 g/mol. The zero-order valence-corrected chi connectivity index (χ0v) is 9.43. The summed E-state index contributed by atoms with van der Waals surface area (Å²) in [6.45, 7) is 8.91. The molecule has 0 bridgehead atoms. The summed E-state index contributed by atoms with van der Waals surface area (Å²) in [7, 11) is 0. The maximum absolute atomic E-state index is 3.63. The molecule has 1 aliphatic carbocycles. The monoisotopic (exact) mass is 184 g/mol. The van der Waals surface area contributed by atoms with Gasteiger partial charge in [0.25, 0.3) is 0 Å². The average Bonchev–Trinajstić information content (AvgIpc) is 2.34. The molecule has 1 aliphatic rings. The Hall–Kier alpha value is -0.0800. The summed E-state index contributed by atoms with van der Waals surface area (Å²) in [5.41, 5.74) is 0. The highest BCUT2D eigenvalue weighted by Gasteiger charge is 2.27. The lowest BCUT2D eigenvalue weighted by atomic mass is 10.1. The van der Waals surface area contributed by atoms with E-state index >= 15 is 0 Å². The van der Waals surface area contributed by atoms with E-state index in [-0.39, 0.29) is 0 Å². The molecule has 78 valence electrons. The summed E-state index contributed by atoms with van der Waals surface area (Å²) in [6, 6.07) is 2.61. The molecule has 0 heterocycles. The summed E-state index contributed by atoms with van der Waals surface area (Å²) < 4.78 is 0. The first-order valence-corrected chi connectivity index (χ1v) is 5.61. The topological polar surface area (TPSA) is 24.1 Å². The van der Waals surface area contributed by atoms with E-state index in [1.54, 1.807) is 0 Å². The van der Waals surface area contributed by atoms with Gasteiger partial charge in [-0.2, -0.15) is 0 Å². The van der Waals surface area contributed by atoms with Gasteiger partial charge >= 0.3 is 0 Å². The lowest BCUT2D eigenvalue weighted by Crippen LogP contribution is -2.48. The molecule has 0 aromatic carbocycles. The fourth-order valence-electron chi connectivity index (χ4n) is 2.22. The molecule has 0 amide bonds. The Labute approximate surface area is 82.5 Å². The van der Waals surface area contributed by atoms with Crippen LogP contribution in [-0.2, 0) is 0 Å². The van der Waals surface area contributed by atoms with Crippen LogP contribution >= 0.6 is 0 Å². The second-order valence-corrected chi connectivity index (χ2v) is 4.79. The van der Waals surface area contributed by atoms with Crippen LogP contribution in [-0.4, -0.2) is 24.2 Å². The Morgan fingerprint density at radius 1 is 0.846 bits per heavy atom. The Morgan fingerprint density at radius 2 is 1.23 bits per heavy atom. The maximum Gasteiger partial charge on any atom is 0.0223 e. The summed E-state index contributed by atoms with van der Waals surface area (Å²) in [4.78, 5) is 0. The van der Waals surface area contributed by atoms with E-state index in [4.69, 9.17) is 0 Å². The van der Waals surface area contributed by atoms with E-state index in [2.05, 4.69) is 38.3 Å². The Morgan fingerprint density at radius 3 is 1.54 bits per heavy atom. The number of hydrogen-bond acceptors (Lipinski definition) is 2. The van der Waals surface area contributed by atoms with Crippen molar-refractivity contribution in [3.8, 4) is 0 Å². The molecule has 0 spiro atoms. The van der Waals surface area contributed by atoms with E-state index < -0.39 is 0 Å². The van der Waals surface area contributed by atoms with Crippen LogP contribution in [0.2, 0.25) is 0 Å². The third kappa shape index (κ3) is 3.65. The largest absolute Gasteiger partial charge is 0.310 e. The molecule has 1 rings (SSSR count). The van der Waals surface area contributed by atoms with Gasteiger partial charge in [-0.3, -0.25) is 0 Å². The maximum atomic E-state index is 3.63. The van der Waals surface area contributed by atoms with Crippen molar-refractivity contribution in [1.29, 1.82) is 0 Å². The number of rotatable bonds is 4. The molecule has 2 nitrogen and oxygen atoms in total. The molecule has 1 saturated carbocycles. The minimum Gasteiger partial charge on any atom is -0.310 e. The van der Waals surface area contributed by atoms with Crippen LogP contribution in [0.1, 0.15) is 47.0 Å². The van der Waals surface area contributed by atoms with Crippen molar-refractivity contribution in [1.82, 2.24) is 10.6 Å². The van der Waals surface area contributed by atoms with Gasteiger partial charge in [0, 0.05) is 24.2 Å². The van der Waals surface area contributed by atoms with Gasteiger partial charge in [0.05, 0.1) is 0 Å². The molecular weight excluding hydrogens is 160 g/mol. The van der Waals surface area contributed by atoms with Gasteiger partial charge in [0.1, 0.15) is 0 Å².